The maximum Gasteiger partial charge on any atom is 0.407 e. The quantitative estimate of drug-likeness (QED) is 0.0811. The van der Waals surface area contributed by atoms with Crippen molar-refractivity contribution < 1.29 is 42.9 Å². The van der Waals surface area contributed by atoms with Gasteiger partial charge in [0, 0.05) is 23.0 Å². The number of alkyl halides is 1. The van der Waals surface area contributed by atoms with Crippen molar-refractivity contribution in [2.24, 2.45) is 11.8 Å². The Labute approximate surface area is 421 Å². The molecule has 0 bridgehead atoms. The van der Waals surface area contributed by atoms with Crippen LogP contribution in [-0.4, -0.2) is 115 Å². The summed E-state index contributed by atoms with van der Waals surface area (Å²) in [5, 5.41) is 7.73. The zero-order valence-corrected chi connectivity index (χ0v) is 42.9. The first-order chi connectivity index (χ1) is 33.7. The Bertz CT molecular complexity index is 2800. The number of imidazole rings is 2. The Morgan fingerprint density at radius 2 is 1.34 bits per heavy atom. The molecule has 0 saturated carbocycles. The summed E-state index contributed by atoms with van der Waals surface area (Å²) < 4.78 is 28.4. The highest BCUT2D eigenvalue weighted by Gasteiger charge is 2.46. The highest BCUT2D eigenvalue weighted by molar-refractivity contribution is 14.1. The van der Waals surface area contributed by atoms with Crippen LogP contribution in [0.25, 0.3) is 44.2 Å². The first-order valence-electron chi connectivity index (χ1n) is 24.7. The number of ether oxygens (including phenoxy) is 5. The van der Waals surface area contributed by atoms with Crippen molar-refractivity contribution in [1.29, 1.82) is 0 Å². The molecular weight excluding hydrogens is 1010 g/mol. The number of halogens is 1. The molecule has 0 aliphatic carbocycles. The molecule has 1 unspecified atom stereocenters. The van der Waals surface area contributed by atoms with E-state index in [9.17, 15) is 19.2 Å². The molecule has 7 heterocycles. The molecule has 11 atom stereocenters. The molecule has 2 aromatic heterocycles. The second kappa shape index (κ2) is 19.6. The van der Waals surface area contributed by atoms with Crippen LogP contribution in [0.1, 0.15) is 115 Å². The summed E-state index contributed by atoms with van der Waals surface area (Å²) in [5.41, 5.74) is 6.56. The molecule has 17 nitrogen and oxygen atoms in total. The first-order valence-corrected chi connectivity index (χ1v) is 26.0. The van der Waals surface area contributed by atoms with Gasteiger partial charge >= 0.3 is 12.2 Å². The predicted molar refractivity (Wildman–Crippen MR) is 270 cm³/mol. The molecule has 4 saturated heterocycles. The number of hydrogen-bond donors (Lipinski definition) is 4. The van der Waals surface area contributed by atoms with E-state index in [1.54, 1.807) is 0 Å². The van der Waals surface area contributed by atoms with E-state index in [0.29, 0.717) is 43.9 Å². The molecule has 372 valence electrons. The number of nitrogens with zero attached hydrogens (tertiary/aromatic N) is 4. The summed E-state index contributed by atoms with van der Waals surface area (Å²) in [6.45, 7) is 10.5. The van der Waals surface area contributed by atoms with Gasteiger partial charge in [-0.05, 0) is 144 Å². The highest BCUT2D eigenvalue weighted by Crippen LogP contribution is 2.45. The van der Waals surface area contributed by atoms with Gasteiger partial charge in [0.25, 0.3) is 0 Å². The Kier molecular flexibility index (Phi) is 13.5. The summed E-state index contributed by atoms with van der Waals surface area (Å²) in [6, 6.07) is 12.5. The van der Waals surface area contributed by atoms with Gasteiger partial charge in [-0.2, -0.15) is 0 Å². The lowest BCUT2D eigenvalue weighted by Gasteiger charge is -2.39. The van der Waals surface area contributed by atoms with E-state index in [4.69, 9.17) is 33.7 Å². The van der Waals surface area contributed by atoms with Crippen LogP contribution in [0.15, 0.2) is 48.7 Å². The van der Waals surface area contributed by atoms with Crippen LogP contribution in [0.3, 0.4) is 0 Å². The van der Waals surface area contributed by atoms with Gasteiger partial charge in [-0.1, -0.05) is 40.8 Å². The number of carbonyl (C=O) groups excluding carboxylic acids is 4. The second-order valence-electron chi connectivity index (χ2n) is 20.2. The van der Waals surface area contributed by atoms with Crippen LogP contribution >= 0.6 is 22.6 Å². The van der Waals surface area contributed by atoms with E-state index in [-0.39, 0.29) is 70.2 Å². The summed E-state index contributed by atoms with van der Waals surface area (Å²) in [6.07, 6.45) is 6.14. The monoisotopic (exact) mass is 1070 g/mol. The molecule has 5 aliphatic rings. The number of aromatic nitrogens is 4. The molecule has 5 aliphatic heterocycles. The van der Waals surface area contributed by atoms with E-state index in [2.05, 4.69) is 93.4 Å². The molecule has 0 spiro atoms. The number of aromatic amines is 2. The van der Waals surface area contributed by atoms with Crippen LogP contribution in [0.2, 0.25) is 0 Å². The normalized spacial score (nSPS) is 28.4. The highest BCUT2D eigenvalue weighted by atomic mass is 127. The van der Waals surface area contributed by atoms with E-state index >= 15 is 0 Å². The number of benzene rings is 3. The first kappa shape index (κ1) is 48.2. The van der Waals surface area contributed by atoms with Gasteiger partial charge in [-0.15, -0.1) is 0 Å². The Balaban J connectivity index is 0.891. The second-order valence-corrected chi connectivity index (χ2v) is 21.6. The predicted octanol–water partition coefficient (Wildman–Crippen LogP) is 9.00. The Morgan fingerprint density at radius 3 is 1.97 bits per heavy atom. The van der Waals surface area contributed by atoms with Crippen molar-refractivity contribution in [2.45, 2.75) is 151 Å². The number of alkyl carbamates (subject to hydrolysis) is 2. The molecule has 10 rings (SSSR count). The zero-order chi connectivity index (χ0) is 49.1. The van der Waals surface area contributed by atoms with Crippen LogP contribution in [0, 0.1) is 11.8 Å². The molecular formula is C52H63IN8O9. The fourth-order valence-corrected chi connectivity index (χ4v) is 13.3. The Hall–Kier alpha value is -5.47. The minimum Gasteiger partial charge on any atom is -0.488 e. The van der Waals surface area contributed by atoms with Gasteiger partial charge in [0.05, 0.1) is 67.5 Å². The van der Waals surface area contributed by atoms with Crippen LogP contribution in [-0.2, 0) is 35.1 Å². The minimum atomic E-state index is -0.763. The molecule has 4 amide bonds. The van der Waals surface area contributed by atoms with Gasteiger partial charge in [-0.25, -0.2) is 19.6 Å². The third-order valence-corrected chi connectivity index (χ3v) is 16.2. The Morgan fingerprint density at radius 1 is 0.729 bits per heavy atom. The average molecular weight is 1070 g/mol. The number of methoxy groups -OCH3 is 2. The number of carbonyl (C=O) groups is 4. The lowest BCUT2D eigenvalue weighted by molar-refractivity contribution is -0.141. The fraction of sp³-hybridized carbons (Fsp3) is 0.538. The smallest absolute Gasteiger partial charge is 0.407 e. The summed E-state index contributed by atoms with van der Waals surface area (Å²) >= 11 is 2.26. The number of rotatable bonds is 9. The van der Waals surface area contributed by atoms with Crippen LogP contribution in [0.4, 0.5) is 9.59 Å². The van der Waals surface area contributed by atoms with Gasteiger partial charge in [0.1, 0.15) is 40.2 Å². The van der Waals surface area contributed by atoms with Gasteiger partial charge in [0.2, 0.25) is 11.8 Å². The molecule has 5 aromatic rings. The number of hydrogen-bond acceptors (Lipinski definition) is 11. The number of amides is 4. The molecule has 4 N–H and O–H groups in total. The van der Waals surface area contributed by atoms with E-state index in [1.165, 1.54) is 14.2 Å². The SMILES string of the molecule is COC(=O)N[C@H](C(=O)N1[C@@H](C)CC[C@H]1c1ncc(-c2ccc3c(c2)COc2cc4c(ccc5[nH]c([C@@H]6CC[C@H](C)N6C(=O)[C@@H](NC(=O)OC)C6C[C@@H](C)O[C@H](I)C6)nc54)cc2-3)[nH]1)C1C[C@@H](C)O[C@H](C)C1. The molecule has 18 heteroatoms. The molecule has 3 aromatic carbocycles. The maximum absolute atomic E-state index is 14.6. The van der Waals surface area contributed by atoms with Gasteiger partial charge < -0.3 is 54.1 Å². The zero-order valence-electron chi connectivity index (χ0n) is 40.8. The van der Waals surface area contributed by atoms with Crippen molar-refractivity contribution in [1.82, 2.24) is 40.4 Å². The fourth-order valence-electron chi connectivity index (χ4n) is 12.1. The number of H-pyrrole nitrogens is 2. The topological polar surface area (TPSA) is 202 Å². The number of likely N-dealkylation sites (tertiary alicyclic amines) is 2. The maximum atomic E-state index is 14.6. The molecule has 4 fully saturated rings. The summed E-state index contributed by atoms with van der Waals surface area (Å²) in [7, 11) is 2.63. The lowest BCUT2D eigenvalue weighted by Crippen LogP contribution is -2.55. The standard InChI is InChI=1S/C52H63IN8O9/c1-25-8-14-40(60(25)49(62)44(58-51(64)66-6)32-16-27(3)69-28(4)17-32)47-54-23-39(56-47)31-10-12-35-34(19-31)24-68-42-22-36-30(20-37(35)42)11-13-38-46(36)57-48(55-38)41-15-9-26(2)61(41)50(63)45(59-52(65)67-7)33-18-29(5)70-43(53)21-33/h10-13,19-20,22-23,25-29,32-33,40-41,43-45H,8-9,14-18,21,24H2,1-7H3,(H,54,56)(H,55,57)(H,58,64)(H,59,65)/t25-,26-,27+,28+,29+,33?,40-,41-,43-,44-,45-/m0/s1. The van der Waals surface area contributed by atoms with Crippen molar-refractivity contribution in [2.75, 3.05) is 14.2 Å². The van der Waals surface area contributed by atoms with Crippen LogP contribution < -0.4 is 15.4 Å². The van der Waals surface area contributed by atoms with E-state index in [0.717, 1.165) is 81.2 Å². The molecule has 70 heavy (non-hydrogen) atoms. The van der Waals surface area contributed by atoms with Gasteiger partial charge in [-0.3, -0.25) is 9.59 Å². The van der Waals surface area contributed by atoms with E-state index in [1.807, 2.05) is 42.8 Å². The molecule has 0 radical (unpaired) electrons. The van der Waals surface area contributed by atoms with E-state index < -0.39 is 24.3 Å². The third kappa shape index (κ3) is 9.19. The van der Waals surface area contributed by atoms with Crippen molar-refractivity contribution in [3.63, 3.8) is 0 Å². The average Bonchev–Trinajstić information content (AvgIpc) is 4.16. The minimum absolute atomic E-state index is 0.0336. The summed E-state index contributed by atoms with van der Waals surface area (Å²) in [5.74, 6) is 1.70. The number of nitrogens with one attached hydrogen (secondary N) is 4. The van der Waals surface area contributed by atoms with Crippen molar-refractivity contribution in [3.05, 3.63) is 65.9 Å². The largest absolute Gasteiger partial charge is 0.488 e. The van der Waals surface area contributed by atoms with Gasteiger partial charge in [0.15, 0.2) is 0 Å². The van der Waals surface area contributed by atoms with Crippen molar-refractivity contribution >= 4 is 68.4 Å². The van der Waals surface area contributed by atoms with Crippen LogP contribution in [0.5, 0.6) is 5.75 Å². The lowest BCUT2D eigenvalue weighted by atomic mass is 9.85. The number of fused-ring (bicyclic) bond motifs is 6. The third-order valence-electron chi connectivity index (χ3n) is 15.4. The summed E-state index contributed by atoms with van der Waals surface area (Å²) in [4.78, 5) is 75.4. The van der Waals surface area contributed by atoms with Crippen molar-refractivity contribution in [3.8, 4) is 28.1 Å².